The van der Waals surface area contributed by atoms with E-state index in [0.717, 1.165) is 12.2 Å². The van der Waals surface area contributed by atoms with Gasteiger partial charge in [-0.15, -0.1) is 0 Å². The van der Waals surface area contributed by atoms with Crippen LogP contribution in [0.5, 0.6) is 0 Å². The van der Waals surface area contributed by atoms with Crippen LogP contribution in [0.1, 0.15) is 19.5 Å². The molecule has 92 valence electrons. The van der Waals surface area contributed by atoms with Gasteiger partial charge in [0.25, 0.3) is 0 Å². The number of rotatable bonds is 5. The van der Waals surface area contributed by atoms with E-state index in [9.17, 15) is 5.11 Å². The van der Waals surface area contributed by atoms with Crippen LogP contribution in [0.2, 0.25) is 0 Å². The maximum atomic E-state index is 10.2. The fourth-order valence-electron chi connectivity index (χ4n) is 1.91. The number of hydrogen-bond acceptors (Lipinski definition) is 3. The van der Waals surface area contributed by atoms with Crippen molar-refractivity contribution in [2.75, 3.05) is 20.6 Å². The molecule has 0 saturated heterocycles. The highest BCUT2D eigenvalue weighted by Gasteiger charge is 2.28. The molecule has 1 aromatic rings. The number of hydrogen-bond donors (Lipinski definition) is 1. The van der Waals surface area contributed by atoms with E-state index in [1.165, 1.54) is 0 Å². The van der Waals surface area contributed by atoms with Gasteiger partial charge in [-0.3, -0.25) is 4.68 Å². The van der Waals surface area contributed by atoms with Crippen molar-refractivity contribution in [3.05, 3.63) is 18.0 Å². The van der Waals surface area contributed by atoms with Gasteiger partial charge in [0.05, 0.1) is 18.3 Å². The third-order valence-corrected chi connectivity index (χ3v) is 2.76. The van der Waals surface area contributed by atoms with Crippen LogP contribution >= 0.6 is 0 Å². The van der Waals surface area contributed by atoms with Crippen LogP contribution in [-0.2, 0) is 6.54 Å². The van der Waals surface area contributed by atoms with Crippen molar-refractivity contribution < 1.29 is 5.11 Å². The molecule has 1 N–H and O–H groups in total. The standard InChI is InChI=1S/C12H23N3O/c1-10-6-7-15(13-10)8-11(16)12(2,3)9-14(4)5/h6-7,11,16H,8-9H2,1-5H3/t11-/m0/s1. The quantitative estimate of drug-likeness (QED) is 0.817. The highest BCUT2D eigenvalue weighted by atomic mass is 16.3. The molecular formula is C12H23N3O. The van der Waals surface area contributed by atoms with Gasteiger partial charge in [0, 0.05) is 18.2 Å². The van der Waals surface area contributed by atoms with Gasteiger partial charge in [0.2, 0.25) is 0 Å². The summed E-state index contributed by atoms with van der Waals surface area (Å²) in [6.45, 7) is 7.51. The molecular weight excluding hydrogens is 202 g/mol. The lowest BCUT2D eigenvalue weighted by Gasteiger charge is -2.33. The van der Waals surface area contributed by atoms with Gasteiger partial charge >= 0.3 is 0 Å². The van der Waals surface area contributed by atoms with Crippen LogP contribution in [0.4, 0.5) is 0 Å². The number of aliphatic hydroxyl groups excluding tert-OH is 1. The Morgan fingerprint density at radius 2 is 2.12 bits per heavy atom. The van der Waals surface area contributed by atoms with Crippen molar-refractivity contribution >= 4 is 0 Å². The molecule has 0 aliphatic rings. The molecule has 0 saturated carbocycles. The first kappa shape index (κ1) is 13.2. The number of aryl methyl sites for hydroxylation is 1. The van der Waals surface area contributed by atoms with Crippen LogP contribution in [0, 0.1) is 12.3 Å². The van der Waals surface area contributed by atoms with Crippen molar-refractivity contribution in [2.24, 2.45) is 5.41 Å². The second-order valence-electron chi connectivity index (χ2n) is 5.42. The highest BCUT2D eigenvalue weighted by molar-refractivity contribution is 4.95. The molecule has 0 aliphatic heterocycles. The third-order valence-electron chi connectivity index (χ3n) is 2.76. The fourth-order valence-corrected chi connectivity index (χ4v) is 1.91. The summed E-state index contributed by atoms with van der Waals surface area (Å²) < 4.78 is 1.80. The largest absolute Gasteiger partial charge is 0.391 e. The van der Waals surface area contributed by atoms with Gasteiger partial charge < -0.3 is 10.0 Å². The second-order valence-corrected chi connectivity index (χ2v) is 5.42. The molecule has 0 spiro atoms. The fraction of sp³-hybridized carbons (Fsp3) is 0.750. The second kappa shape index (κ2) is 4.97. The van der Waals surface area contributed by atoms with Gasteiger partial charge in [0.15, 0.2) is 0 Å². The SMILES string of the molecule is Cc1ccn(C[C@H](O)C(C)(C)CN(C)C)n1. The van der Waals surface area contributed by atoms with Gasteiger partial charge in [-0.1, -0.05) is 13.8 Å². The number of aromatic nitrogens is 2. The summed E-state index contributed by atoms with van der Waals surface area (Å²) in [5, 5.41) is 14.5. The van der Waals surface area contributed by atoms with Crippen LogP contribution in [-0.4, -0.2) is 46.5 Å². The molecule has 0 radical (unpaired) electrons. The Labute approximate surface area is 97.9 Å². The molecule has 1 heterocycles. The van der Waals surface area contributed by atoms with Crippen molar-refractivity contribution in [2.45, 2.75) is 33.4 Å². The maximum absolute atomic E-state index is 10.2. The van der Waals surface area contributed by atoms with E-state index >= 15 is 0 Å². The lowest BCUT2D eigenvalue weighted by molar-refractivity contribution is 0.0171. The monoisotopic (exact) mass is 225 g/mol. The Kier molecular flexibility index (Phi) is 4.10. The van der Waals surface area contributed by atoms with Gasteiger partial charge in [0.1, 0.15) is 0 Å². The molecule has 0 bridgehead atoms. The molecule has 0 amide bonds. The Morgan fingerprint density at radius 3 is 2.56 bits per heavy atom. The van der Waals surface area contributed by atoms with Crippen molar-refractivity contribution in [3.63, 3.8) is 0 Å². The summed E-state index contributed by atoms with van der Waals surface area (Å²) in [4.78, 5) is 2.09. The van der Waals surface area contributed by atoms with Gasteiger partial charge in [-0.2, -0.15) is 5.10 Å². The van der Waals surface area contributed by atoms with E-state index < -0.39 is 6.10 Å². The van der Waals surface area contributed by atoms with E-state index in [1.54, 1.807) is 4.68 Å². The van der Waals surface area contributed by atoms with Crippen LogP contribution in [0.3, 0.4) is 0 Å². The van der Waals surface area contributed by atoms with Crippen LogP contribution < -0.4 is 0 Å². The average molecular weight is 225 g/mol. The van der Waals surface area contributed by atoms with Crippen LogP contribution in [0.25, 0.3) is 0 Å². The molecule has 16 heavy (non-hydrogen) atoms. The van der Waals surface area contributed by atoms with E-state index in [2.05, 4.69) is 23.8 Å². The summed E-state index contributed by atoms with van der Waals surface area (Å²) in [7, 11) is 4.04. The molecule has 1 atom stereocenters. The van der Waals surface area contributed by atoms with Crippen molar-refractivity contribution in [1.29, 1.82) is 0 Å². The summed E-state index contributed by atoms with van der Waals surface area (Å²) in [5.41, 5.74) is 0.848. The summed E-state index contributed by atoms with van der Waals surface area (Å²) in [6.07, 6.45) is 1.51. The minimum atomic E-state index is -0.394. The topological polar surface area (TPSA) is 41.3 Å². The maximum Gasteiger partial charge on any atom is 0.0799 e. The molecule has 0 aliphatic carbocycles. The van der Waals surface area contributed by atoms with E-state index in [0.29, 0.717) is 6.54 Å². The van der Waals surface area contributed by atoms with Gasteiger partial charge in [-0.05, 0) is 27.1 Å². The van der Waals surface area contributed by atoms with Crippen molar-refractivity contribution in [1.82, 2.24) is 14.7 Å². The third kappa shape index (κ3) is 3.61. The lowest BCUT2D eigenvalue weighted by Crippen LogP contribution is -2.41. The lowest BCUT2D eigenvalue weighted by atomic mass is 9.86. The predicted octanol–water partition coefficient (Wildman–Crippen LogP) is 1.14. The van der Waals surface area contributed by atoms with Crippen LogP contribution in [0.15, 0.2) is 12.3 Å². The number of nitrogens with zero attached hydrogens (tertiary/aromatic N) is 3. The number of aliphatic hydroxyl groups is 1. The summed E-state index contributed by atoms with van der Waals surface area (Å²) >= 11 is 0. The highest BCUT2D eigenvalue weighted by Crippen LogP contribution is 2.22. The molecule has 4 nitrogen and oxygen atoms in total. The van der Waals surface area contributed by atoms with Crippen molar-refractivity contribution in [3.8, 4) is 0 Å². The van der Waals surface area contributed by atoms with E-state index in [4.69, 9.17) is 0 Å². The minimum absolute atomic E-state index is 0.136. The normalized spacial score (nSPS) is 14.4. The molecule has 4 heteroatoms. The smallest absolute Gasteiger partial charge is 0.0799 e. The zero-order valence-corrected chi connectivity index (χ0v) is 10.9. The first-order chi connectivity index (χ1) is 7.31. The zero-order chi connectivity index (χ0) is 12.3. The molecule has 1 aromatic heterocycles. The minimum Gasteiger partial charge on any atom is -0.391 e. The molecule has 0 unspecified atom stereocenters. The Hall–Kier alpha value is -0.870. The average Bonchev–Trinajstić information content (AvgIpc) is 2.48. The molecule has 0 fully saturated rings. The first-order valence-corrected chi connectivity index (χ1v) is 5.64. The summed E-state index contributed by atoms with van der Waals surface area (Å²) in [6, 6.07) is 1.95. The Bertz CT molecular complexity index is 331. The summed E-state index contributed by atoms with van der Waals surface area (Å²) in [5.74, 6) is 0. The zero-order valence-electron chi connectivity index (χ0n) is 10.9. The van der Waals surface area contributed by atoms with E-state index in [1.807, 2.05) is 33.3 Å². The van der Waals surface area contributed by atoms with E-state index in [-0.39, 0.29) is 5.41 Å². The predicted molar refractivity (Wildman–Crippen MR) is 65.3 cm³/mol. The van der Waals surface area contributed by atoms with Gasteiger partial charge in [-0.25, -0.2) is 0 Å². The first-order valence-electron chi connectivity index (χ1n) is 5.64. The molecule has 1 rings (SSSR count). The molecule has 0 aromatic carbocycles. The Balaban J connectivity index is 2.60. The Morgan fingerprint density at radius 1 is 1.50 bits per heavy atom.